The standard InChI is InChI=1S/C19H28N6O2/c1-13(26)24-9-5-14(12-24)16-17-18(22-7-6-21-17)25(23-16)10-8-20-15(27)11-19(2,3)4/h6-7,14H,5,8-12H2,1-4H3,(H,20,27)/t14-/m0/s1. The summed E-state index contributed by atoms with van der Waals surface area (Å²) in [6, 6.07) is 0. The van der Waals surface area contributed by atoms with Gasteiger partial charge in [-0.05, 0) is 11.8 Å². The Morgan fingerprint density at radius 1 is 1.26 bits per heavy atom. The van der Waals surface area contributed by atoms with E-state index in [1.807, 2.05) is 30.4 Å². The fourth-order valence-corrected chi connectivity index (χ4v) is 3.47. The number of hydrogen-bond donors (Lipinski definition) is 1. The molecule has 2 aromatic rings. The molecule has 0 radical (unpaired) electrons. The molecule has 1 atom stereocenters. The molecule has 8 nitrogen and oxygen atoms in total. The third kappa shape index (κ3) is 4.61. The van der Waals surface area contributed by atoms with Crippen molar-refractivity contribution in [2.45, 2.75) is 53.0 Å². The first-order valence-electron chi connectivity index (χ1n) is 9.44. The minimum absolute atomic E-state index is 0.0355. The molecule has 2 aromatic heterocycles. The fourth-order valence-electron chi connectivity index (χ4n) is 3.47. The van der Waals surface area contributed by atoms with Gasteiger partial charge in [0.1, 0.15) is 5.52 Å². The molecule has 0 bridgehead atoms. The van der Waals surface area contributed by atoms with Crippen molar-refractivity contribution in [2.75, 3.05) is 19.6 Å². The highest BCUT2D eigenvalue weighted by Crippen LogP contribution is 2.30. The van der Waals surface area contributed by atoms with Crippen LogP contribution in [0, 0.1) is 5.41 Å². The molecular formula is C19H28N6O2. The van der Waals surface area contributed by atoms with Crippen LogP contribution in [-0.4, -0.2) is 56.1 Å². The van der Waals surface area contributed by atoms with Gasteiger partial charge in [0.2, 0.25) is 11.8 Å². The van der Waals surface area contributed by atoms with Gasteiger partial charge in [0.05, 0.1) is 12.2 Å². The van der Waals surface area contributed by atoms with Crippen molar-refractivity contribution >= 4 is 23.0 Å². The van der Waals surface area contributed by atoms with Gasteiger partial charge in [0.25, 0.3) is 0 Å². The van der Waals surface area contributed by atoms with Gasteiger partial charge in [-0.15, -0.1) is 0 Å². The normalized spacial score (nSPS) is 17.5. The van der Waals surface area contributed by atoms with Crippen molar-refractivity contribution in [2.24, 2.45) is 5.41 Å². The highest BCUT2D eigenvalue weighted by Gasteiger charge is 2.30. The molecule has 0 aromatic carbocycles. The Kier molecular flexibility index (Phi) is 5.43. The summed E-state index contributed by atoms with van der Waals surface area (Å²) in [5.41, 5.74) is 2.36. The van der Waals surface area contributed by atoms with Crippen molar-refractivity contribution < 1.29 is 9.59 Å². The second kappa shape index (κ2) is 7.62. The van der Waals surface area contributed by atoms with E-state index >= 15 is 0 Å². The summed E-state index contributed by atoms with van der Waals surface area (Å²) in [6.07, 6.45) is 4.69. The number of fused-ring (bicyclic) bond motifs is 1. The maximum Gasteiger partial charge on any atom is 0.220 e. The first kappa shape index (κ1) is 19.3. The maximum absolute atomic E-state index is 12.0. The lowest BCUT2D eigenvalue weighted by Gasteiger charge is -2.17. The van der Waals surface area contributed by atoms with Crippen LogP contribution in [0.5, 0.6) is 0 Å². The molecule has 0 unspecified atom stereocenters. The van der Waals surface area contributed by atoms with Crippen molar-refractivity contribution in [3.8, 4) is 0 Å². The number of nitrogens with one attached hydrogen (secondary N) is 1. The molecule has 0 aliphatic carbocycles. The summed E-state index contributed by atoms with van der Waals surface area (Å²) >= 11 is 0. The SMILES string of the molecule is CC(=O)N1CC[C@H](c2nn(CCNC(=O)CC(C)(C)C)c3nccnc23)C1. The number of carbonyl (C=O) groups excluding carboxylic acids is 2. The average Bonchev–Trinajstić information content (AvgIpc) is 3.18. The van der Waals surface area contributed by atoms with E-state index in [0.717, 1.165) is 29.8 Å². The monoisotopic (exact) mass is 372 g/mol. The Balaban J connectivity index is 1.72. The van der Waals surface area contributed by atoms with Crippen molar-refractivity contribution in [1.82, 2.24) is 30.0 Å². The topological polar surface area (TPSA) is 93.0 Å². The summed E-state index contributed by atoms with van der Waals surface area (Å²) in [6.45, 7) is 10.2. The van der Waals surface area contributed by atoms with Crippen LogP contribution in [0.3, 0.4) is 0 Å². The van der Waals surface area contributed by atoms with Crippen LogP contribution in [-0.2, 0) is 16.1 Å². The number of carbonyl (C=O) groups is 2. The Labute approximate surface area is 159 Å². The predicted molar refractivity (Wildman–Crippen MR) is 102 cm³/mol. The van der Waals surface area contributed by atoms with E-state index in [-0.39, 0.29) is 23.1 Å². The lowest BCUT2D eigenvalue weighted by molar-refractivity contribution is -0.127. The van der Waals surface area contributed by atoms with Crippen LogP contribution < -0.4 is 5.32 Å². The van der Waals surface area contributed by atoms with Gasteiger partial charge in [0.15, 0.2) is 5.65 Å². The molecular weight excluding hydrogens is 344 g/mol. The zero-order chi connectivity index (χ0) is 19.6. The van der Waals surface area contributed by atoms with E-state index < -0.39 is 0 Å². The summed E-state index contributed by atoms with van der Waals surface area (Å²) in [5, 5.41) is 7.69. The molecule has 2 amide bonds. The lowest BCUT2D eigenvalue weighted by atomic mass is 9.92. The van der Waals surface area contributed by atoms with Crippen LogP contribution in [0.2, 0.25) is 0 Å². The molecule has 3 heterocycles. The molecule has 1 saturated heterocycles. The Morgan fingerprint density at radius 3 is 2.67 bits per heavy atom. The Hall–Kier alpha value is -2.51. The van der Waals surface area contributed by atoms with Gasteiger partial charge < -0.3 is 10.2 Å². The third-order valence-corrected chi connectivity index (χ3v) is 4.75. The lowest BCUT2D eigenvalue weighted by Crippen LogP contribution is -2.30. The number of hydrogen-bond acceptors (Lipinski definition) is 5. The van der Waals surface area contributed by atoms with Gasteiger partial charge in [0, 0.05) is 51.3 Å². The van der Waals surface area contributed by atoms with E-state index in [0.29, 0.717) is 26.1 Å². The minimum Gasteiger partial charge on any atom is -0.354 e. The highest BCUT2D eigenvalue weighted by molar-refractivity contribution is 5.77. The van der Waals surface area contributed by atoms with E-state index in [9.17, 15) is 9.59 Å². The summed E-state index contributed by atoms with van der Waals surface area (Å²) in [7, 11) is 0. The number of nitrogens with zero attached hydrogens (tertiary/aromatic N) is 5. The number of likely N-dealkylation sites (tertiary alicyclic amines) is 1. The highest BCUT2D eigenvalue weighted by atomic mass is 16.2. The van der Waals surface area contributed by atoms with Gasteiger partial charge in [-0.3, -0.25) is 9.59 Å². The van der Waals surface area contributed by atoms with Gasteiger partial charge in [-0.2, -0.15) is 5.10 Å². The summed E-state index contributed by atoms with van der Waals surface area (Å²) in [4.78, 5) is 34.4. The zero-order valence-corrected chi connectivity index (χ0v) is 16.5. The predicted octanol–water partition coefficient (Wildman–Crippen LogP) is 1.71. The van der Waals surface area contributed by atoms with Gasteiger partial charge in [-0.25, -0.2) is 14.6 Å². The molecule has 1 fully saturated rings. The van der Waals surface area contributed by atoms with E-state index in [1.165, 1.54) is 0 Å². The van der Waals surface area contributed by atoms with Crippen LogP contribution in [0.4, 0.5) is 0 Å². The fraction of sp³-hybridized carbons (Fsp3) is 0.632. The molecule has 0 saturated carbocycles. The molecule has 1 N–H and O–H groups in total. The zero-order valence-electron chi connectivity index (χ0n) is 16.5. The summed E-state index contributed by atoms with van der Waals surface area (Å²) < 4.78 is 1.81. The van der Waals surface area contributed by atoms with Crippen molar-refractivity contribution in [3.63, 3.8) is 0 Å². The van der Waals surface area contributed by atoms with Crippen LogP contribution in [0.25, 0.3) is 11.2 Å². The molecule has 8 heteroatoms. The van der Waals surface area contributed by atoms with E-state index in [1.54, 1.807) is 19.3 Å². The van der Waals surface area contributed by atoms with Crippen LogP contribution in [0.1, 0.15) is 52.1 Å². The van der Waals surface area contributed by atoms with Gasteiger partial charge in [-0.1, -0.05) is 20.8 Å². The number of amides is 2. The van der Waals surface area contributed by atoms with E-state index in [4.69, 9.17) is 5.10 Å². The second-order valence-corrected chi connectivity index (χ2v) is 8.37. The maximum atomic E-state index is 12.0. The molecule has 146 valence electrons. The van der Waals surface area contributed by atoms with Crippen LogP contribution >= 0.6 is 0 Å². The largest absolute Gasteiger partial charge is 0.354 e. The minimum atomic E-state index is -0.0355. The van der Waals surface area contributed by atoms with Crippen molar-refractivity contribution in [1.29, 1.82) is 0 Å². The van der Waals surface area contributed by atoms with E-state index in [2.05, 4.69) is 15.3 Å². The smallest absolute Gasteiger partial charge is 0.220 e. The second-order valence-electron chi connectivity index (χ2n) is 8.37. The Morgan fingerprint density at radius 2 is 2.00 bits per heavy atom. The summed E-state index contributed by atoms with van der Waals surface area (Å²) in [5.74, 6) is 0.303. The average molecular weight is 372 g/mol. The quantitative estimate of drug-likeness (QED) is 0.862. The number of aromatic nitrogens is 4. The Bertz CT molecular complexity index is 838. The molecule has 0 spiro atoms. The molecule has 27 heavy (non-hydrogen) atoms. The first-order chi connectivity index (χ1) is 12.7. The first-order valence-corrected chi connectivity index (χ1v) is 9.44. The molecule has 1 aliphatic heterocycles. The molecule has 3 rings (SSSR count). The van der Waals surface area contributed by atoms with Gasteiger partial charge >= 0.3 is 0 Å². The van der Waals surface area contributed by atoms with Crippen LogP contribution in [0.15, 0.2) is 12.4 Å². The van der Waals surface area contributed by atoms with Crippen molar-refractivity contribution in [3.05, 3.63) is 18.1 Å². The third-order valence-electron chi connectivity index (χ3n) is 4.75. The number of rotatable bonds is 5. The molecule has 1 aliphatic rings.